The summed E-state index contributed by atoms with van der Waals surface area (Å²) in [5, 5.41) is 4.37. The fraction of sp³-hybridized carbons (Fsp3) is 0.133. The number of benzene rings is 2. The highest BCUT2D eigenvalue weighted by atomic mass is 32.1. The average molecular weight is 255 g/mol. The number of hydrogen-bond donors (Lipinski definition) is 0. The molecular formula is C15H13NOS. The summed E-state index contributed by atoms with van der Waals surface area (Å²) in [5.74, 6) is 0. The van der Waals surface area contributed by atoms with Crippen LogP contribution in [0.15, 0.2) is 42.5 Å². The van der Waals surface area contributed by atoms with Crippen LogP contribution in [0.3, 0.4) is 0 Å². The van der Waals surface area contributed by atoms with E-state index in [9.17, 15) is 0 Å². The Kier molecular flexibility index (Phi) is 2.76. The molecule has 0 radical (unpaired) electrons. The van der Waals surface area contributed by atoms with E-state index >= 15 is 0 Å². The van der Waals surface area contributed by atoms with Crippen molar-refractivity contribution in [3.63, 3.8) is 0 Å². The fourth-order valence-electron chi connectivity index (χ4n) is 2.10. The van der Waals surface area contributed by atoms with Crippen molar-refractivity contribution in [2.45, 2.75) is 6.92 Å². The first kappa shape index (κ1) is 11.2. The standard InChI is InChI=1S/C15H13NOS/c1-10-15(17-2)18-14(16-10)13-9-5-7-11-6-3-4-8-12(11)13/h3-9H,1-2H3. The molecule has 3 rings (SSSR count). The zero-order chi connectivity index (χ0) is 12.5. The zero-order valence-corrected chi connectivity index (χ0v) is 11.1. The minimum atomic E-state index is 0.887. The second kappa shape index (κ2) is 4.42. The predicted octanol–water partition coefficient (Wildman–Crippen LogP) is 4.28. The fourth-order valence-corrected chi connectivity index (χ4v) is 3.02. The molecule has 0 spiro atoms. The third kappa shape index (κ3) is 1.77. The van der Waals surface area contributed by atoms with E-state index in [1.165, 1.54) is 16.3 Å². The van der Waals surface area contributed by atoms with Gasteiger partial charge in [0.2, 0.25) is 0 Å². The van der Waals surface area contributed by atoms with Crippen molar-refractivity contribution in [2.24, 2.45) is 0 Å². The van der Waals surface area contributed by atoms with Gasteiger partial charge in [-0.2, -0.15) is 0 Å². The molecule has 0 amide bonds. The molecular weight excluding hydrogens is 242 g/mol. The Bertz CT molecular complexity index is 697. The topological polar surface area (TPSA) is 22.1 Å². The van der Waals surface area contributed by atoms with Crippen LogP contribution >= 0.6 is 11.3 Å². The zero-order valence-electron chi connectivity index (χ0n) is 10.3. The molecule has 0 bridgehead atoms. The molecule has 0 atom stereocenters. The minimum Gasteiger partial charge on any atom is -0.486 e. The molecule has 0 unspecified atom stereocenters. The van der Waals surface area contributed by atoms with Crippen LogP contribution in [-0.2, 0) is 0 Å². The van der Waals surface area contributed by atoms with Gasteiger partial charge in [0.15, 0.2) is 5.06 Å². The molecule has 0 saturated carbocycles. The Morgan fingerprint density at radius 2 is 1.83 bits per heavy atom. The number of rotatable bonds is 2. The Labute approximate surface area is 110 Å². The van der Waals surface area contributed by atoms with E-state index in [0.29, 0.717) is 0 Å². The number of aromatic nitrogens is 1. The third-order valence-corrected chi connectivity index (χ3v) is 4.11. The van der Waals surface area contributed by atoms with Crippen LogP contribution in [0.5, 0.6) is 5.06 Å². The molecule has 0 fully saturated rings. The maximum absolute atomic E-state index is 5.32. The van der Waals surface area contributed by atoms with E-state index in [2.05, 4.69) is 47.4 Å². The van der Waals surface area contributed by atoms with Gasteiger partial charge in [0, 0.05) is 5.56 Å². The highest BCUT2D eigenvalue weighted by Gasteiger charge is 2.11. The van der Waals surface area contributed by atoms with Gasteiger partial charge in [-0.15, -0.1) is 0 Å². The maximum Gasteiger partial charge on any atom is 0.197 e. The summed E-state index contributed by atoms with van der Waals surface area (Å²) in [6.45, 7) is 1.98. The van der Waals surface area contributed by atoms with Gasteiger partial charge in [0.25, 0.3) is 0 Å². The molecule has 0 saturated heterocycles. The predicted molar refractivity (Wildman–Crippen MR) is 76.3 cm³/mol. The lowest BCUT2D eigenvalue weighted by Gasteiger charge is -2.02. The SMILES string of the molecule is COc1sc(-c2cccc3ccccc23)nc1C. The summed E-state index contributed by atoms with van der Waals surface area (Å²) >= 11 is 1.59. The van der Waals surface area contributed by atoms with Crippen LogP contribution < -0.4 is 4.74 Å². The normalized spacial score (nSPS) is 10.8. The van der Waals surface area contributed by atoms with Crippen molar-refractivity contribution in [1.82, 2.24) is 4.98 Å². The van der Waals surface area contributed by atoms with E-state index in [-0.39, 0.29) is 0 Å². The number of methoxy groups -OCH3 is 1. The molecule has 90 valence electrons. The van der Waals surface area contributed by atoms with Crippen molar-refractivity contribution >= 4 is 22.1 Å². The van der Waals surface area contributed by atoms with Crippen LogP contribution in [0.1, 0.15) is 5.69 Å². The summed E-state index contributed by atoms with van der Waals surface area (Å²) in [6.07, 6.45) is 0. The molecule has 0 aliphatic heterocycles. The number of fused-ring (bicyclic) bond motifs is 1. The van der Waals surface area contributed by atoms with Crippen molar-refractivity contribution in [3.8, 4) is 15.6 Å². The molecule has 3 heteroatoms. The lowest BCUT2D eigenvalue weighted by atomic mass is 10.1. The van der Waals surface area contributed by atoms with Gasteiger partial charge >= 0.3 is 0 Å². The number of ether oxygens (including phenoxy) is 1. The number of hydrogen-bond acceptors (Lipinski definition) is 3. The van der Waals surface area contributed by atoms with E-state index in [4.69, 9.17) is 4.74 Å². The summed E-state index contributed by atoms with van der Waals surface area (Å²) < 4.78 is 5.32. The maximum atomic E-state index is 5.32. The summed E-state index contributed by atoms with van der Waals surface area (Å²) in [7, 11) is 1.69. The molecule has 2 nitrogen and oxygen atoms in total. The van der Waals surface area contributed by atoms with Gasteiger partial charge in [0.05, 0.1) is 12.8 Å². The molecule has 3 aromatic rings. The van der Waals surface area contributed by atoms with Gasteiger partial charge in [0.1, 0.15) is 5.01 Å². The first-order chi connectivity index (χ1) is 8.79. The number of nitrogens with zero attached hydrogens (tertiary/aromatic N) is 1. The third-order valence-electron chi connectivity index (χ3n) is 2.96. The summed E-state index contributed by atoms with van der Waals surface area (Å²) in [5.41, 5.74) is 2.12. The first-order valence-corrected chi connectivity index (χ1v) is 6.61. The Morgan fingerprint density at radius 1 is 1.06 bits per heavy atom. The van der Waals surface area contributed by atoms with Crippen LogP contribution in [0.25, 0.3) is 21.3 Å². The molecule has 0 aliphatic carbocycles. The highest BCUT2D eigenvalue weighted by Crippen LogP contribution is 2.36. The Hall–Kier alpha value is -1.87. The monoisotopic (exact) mass is 255 g/mol. The van der Waals surface area contributed by atoms with Gasteiger partial charge < -0.3 is 4.74 Å². The largest absolute Gasteiger partial charge is 0.486 e. The highest BCUT2D eigenvalue weighted by molar-refractivity contribution is 7.17. The van der Waals surface area contributed by atoms with Crippen LogP contribution in [0.2, 0.25) is 0 Å². The van der Waals surface area contributed by atoms with Gasteiger partial charge in [-0.05, 0) is 17.7 Å². The summed E-state index contributed by atoms with van der Waals surface area (Å²) in [4.78, 5) is 4.60. The molecule has 0 N–H and O–H groups in total. The lowest BCUT2D eigenvalue weighted by Crippen LogP contribution is -1.81. The minimum absolute atomic E-state index is 0.887. The van der Waals surface area contributed by atoms with E-state index in [1.807, 2.05) is 6.92 Å². The van der Waals surface area contributed by atoms with Gasteiger partial charge in [-0.25, -0.2) is 4.98 Å². The number of thiazole rings is 1. The van der Waals surface area contributed by atoms with Crippen molar-refractivity contribution in [1.29, 1.82) is 0 Å². The van der Waals surface area contributed by atoms with Crippen molar-refractivity contribution < 1.29 is 4.74 Å². The quantitative estimate of drug-likeness (QED) is 0.682. The van der Waals surface area contributed by atoms with Crippen LogP contribution in [-0.4, -0.2) is 12.1 Å². The number of aryl methyl sites for hydroxylation is 1. The second-order valence-corrected chi connectivity index (χ2v) is 5.08. The van der Waals surface area contributed by atoms with Gasteiger partial charge in [-0.1, -0.05) is 53.8 Å². The first-order valence-electron chi connectivity index (χ1n) is 5.79. The Morgan fingerprint density at radius 3 is 2.61 bits per heavy atom. The van der Waals surface area contributed by atoms with Crippen LogP contribution in [0, 0.1) is 6.92 Å². The van der Waals surface area contributed by atoms with Crippen molar-refractivity contribution in [3.05, 3.63) is 48.2 Å². The van der Waals surface area contributed by atoms with E-state index < -0.39 is 0 Å². The molecule has 18 heavy (non-hydrogen) atoms. The smallest absolute Gasteiger partial charge is 0.197 e. The van der Waals surface area contributed by atoms with E-state index in [0.717, 1.165) is 15.8 Å². The van der Waals surface area contributed by atoms with Crippen LogP contribution in [0.4, 0.5) is 0 Å². The van der Waals surface area contributed by atoms with Gasteiger partial charge in [-0.3, -0.25) is 0 Å². The van der Waals surface area contributed by atoms with E-state index in [1.54, 1.807) is 18.4 Å². The summed E-state index contributed by atoms with van der Waals surface area (Å²) in [6, 6.07) is 14.7. The molecule has 2 aromatic carbocycles. The lowest BCUT2D eigenvalue weighted by molar-refractivity contribution is 0.423. The molecule has 1 aromatic heterocycles. The Balaban J connectivity index is 2.24. The van der Waals surface area contributed by atoms with Crippen molar-refractivity contribution in [2.75, 3.05) is 7.11 Å². The molecule has 1 heterocycles. The molecule has 0 aliphatic rings. The second-order valence-electron chi connectivity index (χ2n) is 4.12. The average Bonchev–Trinajstić information content (AvgIpc) is 2.79.